The molecule has 2 heterocycles. The number of aromatic nitrogens is 2. The van der Waals surface area contributed by atoms with Crippen molar-refractivity contribution in [2.24, 2.45) is 5.73 Å². The van der Waals surface area contributed by atoms with Crippen LogP contribution in [0.5, 0.6) is 0 Å². The minimum absolute atomic E-state index is 0.327. The van der Waals surface area contributed by atoms with E-state index in [0.29, 0.717) is 12.0 Å². The fourth-order valence-corrected chi connectivity index (χ4v) is 3.07. The van der Waals surface area contributed by atoms with Gasteiger partial charge in [-0.15, -0.1) is 0 Å². The van der Waals surface area contributed by atoms with Gasteiger partial charge in [0.25, 0.3) is 0 Å². The lowest BCUT2D eigenvalue weighted by Crippen LogP contribution is -2.34. The Labute approximate surface area is 90.7 Å². The number of nitrogens with zero attached hydrogens (tertiary/aromatic N) is 2. The smallest absolute Gasteiger partial charge is 0.112 e. The molecule has 2 aliphatic rings. The van der Waals surface area contributed by atoms with Crippen molar-refractivity contribution in [3.8, 4) is 0 Å². The quantitative estimate of drug-likeness (QED) is 0.699. The number of hydrogen-bond acceptors (Lipinski definition) is 2. The van der Waals surface area contributed by atoms with Crippen molar-refractivity contribution in [3.63, 3.8) is 0 Å². The van der Waals surface area contributed by atoms with Gasteiger partial charge in [0.15, 0.2) is 0 Å². The second kappa shape index (κ2) is 3.34. The summed E-state index contributed by atoms with van der Waals surface area (Å²) in [7, 11) is 0. The lowest BCUT2D eigenvalue weighted by atomic mass is 9.97. The van der Waals surface area contributed by atoms with Crippen molar-refractivity contribution < 1.29 is 0 Å². The molecular weight excluding hydrogens is 186 g/mol. The van der Waals surface area contributed by atoms with Crippen LogP contribution < -0.4 is 5.73 Å². The van der Waals surface area contributed by atoms with E-state index in [-0.39, 0.29) is 0 Å². The lowest BCUT2D eigenvalue weighted by molar-refractivity contribution is 0.398. The van der Waals surface area contributed by atoms with Crippen molar-refractivity contribution in [1.29, 1.82) is 0 Å². The maximum absolute atomic E-state index is 6.08. The molecule has 15 heavy (non-hydrogen) atoms. The van der Waals surface area contributed by atoms with Gasteiger partial charge in [-0.25, -0.2) is 4.98 Å². The van der Waals surface area contributed by atoms with E-state index in [2.05, 4.69) is 11.5 Å². The highest BCUT2D eigenvalue weighted by atomic mass is 15.1. The summed E-state index contributed by atoms with van der Waals surface area (Å²) in [6.45, 7) is 3.24. The Morgan fingerprint density at radius 2 is 2.13 bits per heavy atom. The molecule has 3 rings (SSSR count). The third-order valence-electron chi connectivity index (χ3n) is 3.78. The van der Waals surface area contributed by atoms with Crippen LogP contribution in [-0.4, -0.2) is 15.6 Å². The Hall–Kier alpha value is -0.830. The zero-order valence-corrected chi connectivity index (χ0v) is 9.37. The highest BCUT2D eigenvalue weighted by Gasteiger charge is 2.28. The van der Waals surface area contributed by atoms with Crippen LogP contribution in [0.4, 0.5) is 0 Å². The highest BCUT2D eigenvalue weighted by molar-refractivity contribution is 5.23. The first-order valence-corrected chi connectivity index (χ1v) is 6.09. The molecule has 0 fully saturated rings. The zero-order chi connectivity index (χ0) is 10.4. The van der Waals surface area contributed by atoms with Crippen LogP contribution >= 0.6 is 0 Å². The second-order valence-electron chi connectivity index (χ2n) is 5.08. The molecule has 1 aromatic heterocycles. The summed E-state index contributed by atoms with van der Waals surface area (Å²) < 4.78 is 2.41. The van der Waals surface area contributed by atoms with Crippen molar-refractivity contribution in [1.82, 2.24) is 9.55 Å². The van der Waals surface area contributed by atoms with Crippen LogP contribution in [0.15, 0.2) is 0 Å². The van der Waals surface area contributed by atoms with Gasteiger partial charge in [-0.1, -0.05) is 6.92 Å². The molecular formula is C12H19N3. The number of hydrogen-bond donors (Lipinski definition) is 1. The Balaban J connectivity index is 2.08. The Kier molecular flexibility index (Phi) is 2.09. The maximum Gasteiger partial charge on any atom is 0.112 e. The van der Waals surface area contributed by atoms with Crippen LogP contribution in [0.25, 0.3) is 0 Å². The summed E-state index contributed by atoms with van der Waals surface area (Å²) in [5, 5.41) is 0. The van der Waals surface area contributed by atoms with Gasteiger partial charge < -0.3 is 10.3 Å². The summed E-state index contributed by atoms with van der Waals surface area (Å²) >= 11 is 0. The summed E-state index contributed by atoms with van der Waals surface area (Å²) in [6.07, 6.45) is 6.11. The second-order valence-corrected chi connectivity index (χ2v) is 5.08. The predicted molar refractivity (Wildman–Crippen MR) is 59.9 cm³/mol. The van der Waals surface area contributed by atoms with Crippen molar-refractivity contribution in [3.05, 3.63) is 17.2 Å². The number of aryl methyl sites for hydroxylation is 1. The number of fused-ring (bicyclic) bond motifs is 3. The molecule has 0 aromatic carbocycles. The fraction of sp³-hybridized carbons (Fsp3) is 0.750. The molecule has 82 valence electrons. The van der Waals surface area contributed by atoms with E-state index in [0.717, 1.165) is 13.0 Å². The van der Waals surface area contributed by atoms with Crippen LogP contribution in [0.1, 0.15) is 49.3 Å². The van der Waals surface area contributed by atoms with Gasteiger partial charge >= 0.3 is 0 Å². The van der Waals surface area contributed by atoms with Crippen LogP contribution in [0.3, 0.4) is 0 Å². The Morgan fingerprint density at radius 1 is 1.33 bits per heavy atom. The van der Waals surface area contributed by atoms with Crippen molar-refractivity contribution >= 4 is 0 Å². The molecule has 3 heteroatoms. The fourth-order valence-electron chi connectivity index (χ4n) is 3.07. The minimum atomic E-state index is 0.327. The predicted octanol–water partition coefficient (Wildman–Crippen LogP) is 1.60. The van der Waals surface area contributed by atoms with Gasteiger partial charge in [0.2, 0.25) is 0 Å². The third-order valence-corrected chi connectivity index (χ3v) is 3.78. The van der Waals surface area contributed by atoms with E-state index in [1.54, 1.807) is 0 Å². The van der Waals surface area contributed by atoms with E-state index < -0.39 is 0 Å². The zero-order valence-electron chi connectivity index (χ0n) is 9.37. The molecule has 1 aliphatic carbocycles. The number of nitrogens with two attached hydrogens (primary N) is 1. The summed E-state index contributed by atoms with van der Waals surface area (Å²) in [5.41, 5.74) is 8.93. The van der Waals surface area contributed by atoms with Crippen LogP contribution in [0, 0.1) is 0 Å². The molecule has 0 saturated heterocycles. The molecule has 0 spiro atoms. The van der Waals surface area contributed by atoms with E-state index in [4.69, 9.17) is 10.7 Å². The first kappa shape index (κ1) is 9.40. The van der Waals surface area contributed by atoms with E-state index >= 15 is 0 Å². The Bertz CT molecular complexity index is 380. The molecule has 1 aliphatic heterocycles. The average Bonchev–Trinajstić information content (AvgIpc) is 2.57. The molecule has 0 radical (unpaired) electrons. The normalized spacial score (nSPS) is 29.7. The number of rotatable bonds is 0. The summed E-state index contributed by atoms with van der Waals surface area (Å²) in [4.78, 5) is 4.81. The summed E-state index contributed by atoms with van der Waals surface area (Å²) in [6, 6.07) is 0.327. The van der Waals surface area contributed by atoms with Gasteiger partial charge in [0.1, 0.15) is 5.82 Å². The minimum Gasteiger partial charge on any atom is -0.330 e. The molecule has 0 saturated carbocycles. The summed E-state index contributed by atoms with van der Waals surface area (Å²) in [5.74, 6) is 1.84. The van der Waals surface area contributed by atoms with Gasteiger partial charge in [-0.2, -0.15) is 0 Å². The van der Waals surface area contributed by atoms with Gasteiger partial charge in [-0.3, -0.25) is 0 Å². The monoisotopic (exact) mass is 205 g/mol. The molecule has 2 atom stereocenters. The lowest BCUT2D eigenvalue weighted by Gasteiger charge is -2.27. The highest BCUT2D eigenvalue weighted by Crippen LogP contribution is 2.31. The van der Waals surface area contributed by atoms with Gasteiger partial charge in [0.05, 0.1) is 5.69 Å². The van der Waals surface area contributed by atoms with Crippen molar-refractivity contribution in [2.75, 3.05) is 0 Å². The van der Waals surface area contributed by atoms with Gasteiger partial charge in [0, 0.05) is 24.2 Å². The van der Waals surface area contributed by atoms with E-state index in [1.807, 2.05) is 0 Å². The molecule has 2 N–H and O–H groups in total. The Morgan fingerprint density at radius 3 is 3.00 bits per heavy atom. The van der Waals surface area contributed by atoms with E-state index in [9.17, 15) is 0 Å². The molecule has 0 bridgehead atoms. The first-order chi connectivity index (χ1) is 7.25. The third kappa shape index (κ3) is 1.41. The molecule has 3 nitrogen and oxygen atoms in total. The molecule has 0 amide bonds. The molecule has 1 aromatic rings. The van der Waals surface area contributed by atoms with E-state index in [1.165, 1.54) is 42.9 Å². The standard InChI is InChI=1S/C12H19N3/c1-8-6-9(13)7-15-11-5-3-2-4-10(11)14-12(8)15/h8-9H,2-7,13H2,1H3. The maximum atomic E-state index is 6.08. The SMILES string of the molecule is CC1CC(N)Cn2c1nc1c2CCCC1. The topological polar surface area (TPSA) is 43.8 Å². The first-order valence-electron chi connectivity index (χ1n) is 6.09. The average molecular weight is 205 g/mol. The van der Waals surface area contributed by atoms with Crippen LogP contribution in [0.2, 0.25) is 0 Å². The van der Waals surface area contributed by atoms with Gasteiger partial charge in [-0.05, 0) is 32.1 Å². The largest absolute Gasteiger partial charge is 0.330 e. The van der Waals surface area contributed by atoms with Crippen LogP contribution in [-0.2, 0) is 19.4 Å². The molecule has 2 unspecified atom stereocenters. The number of imidazole rings is 1. The van der Waals surface area contributed by atoms with Crippen molar-refractivity contribution in [2.45, 2.75) is 57.5 Å².